The van der Waals surface area contributed by atoms with Crippen LogP contribution in [0.15, 0.2) is 23.2 Å². The largest absolute Gasteiger partial charge is 0.310 e. The molecule has 1 N–H and O–H groups in total. The molecule has 0 saturated heterocycles. The molecule has 2 aromatic rings. The van der Waals surface area contributed by atoms with Crippen molar-refractivity contribution in [3.63, 3.8) is 0 Å². The highest BCUT2D eigenvalue weighted by Crippen LogP contribution is 2.46. The molecule has 0 aromatic carbocycles. The first-order chi connectivity index (χ1) is 8.72. The molecule has 0 radical (unpaired) electrons. The molecule has 4 nitrogen and oxygen atoms in total. The minimum atomic E-state index is 0.503. The Bertz CT molecular complexity index is 564. The van der Waals surface area contributed by atoms with Crippen LogP contribution in [-0.2, 0) is 6.54 Å². The summed E-state index contributed by atoms with van der Waals surface area (Å²) in [5, 5.41) is 3.54. The van der Waals surface area contributed by atoms with Gasteiger partial charge in [0.25, 0.3) is 0 Å². The van der Waals surface area contributed by atoms with Gasteiger partial charge in [-0.2, -0.15) is 11.8 Å². The number of halogens is 1. The number of rotatable bonds is 5. The molecular weight excluding hydrogens is 312 g/mol. The third-order valence-electron chi connectivity index (χ3n) is 3.44. The van der Waals surface area contributed by atoms with Crippen LogP contribution in [0, 0.1) is 0 Å². The fraction of sp³-hybridized carbons (Fsp3) is 0.500. The lowest BCUT2D eigenvalue weighted by molar-refractivity contribution is 0.649. The van der Waals surface area contributed by atoms with Gasteiger partial charge in [-0.3, -0.25) is 4.40 Å². The number of nitrogens with zero attached hydrogens (tertiary/aromatic N) is 3. The predicted octanol–water partition coefficient (Wildman–Crippen LogP) is 2.48. The Balaban J connectivity index is 1.69. The van der Waals surface area contributed by atoms with Crippen LogP contribution < -0.4 is 5.32 Å². The molecule has 1 fully saturated rings. The van der Waals surface area contributed by atoms with Crippen LogP contribution in [0.3, 0.4) is 0 Å². The molecule has 0 aliphatic heterocycles. The van der Waals surface area contributed by atoms with Crippen molar-refractivity contribution >= 4 is 33.3 Å². The van der Waals surface area contributed by atoms with Crippen molar-refractivity contribution in [2.45, 2.75) is 24.1 Å². The summed E-state index contributed by atoms with van der Waals surface area (Å²) in [6.45, 7) is 1.92. The molecule has 96 valence electrons. The van der Waals surface area contributed by atoms with Crippen molar-refractivity contribution in [1.82, 2.24) is 19.7 Å². The highest BCUT2D eigenvalue weighted by Gasteiger charge is 2.41. The average molecular weight is 327 g/mol. The van der Waals surface area contributed by atoms with Crippen LogP contribution in [0.4, 0.5) is 0 Å². The second kappa shape index (κ2) is 4.83. The summed E-state index contributed by atoms with van der Waals surface area (Å²) >= 11 is 5.37. The molecule has 6 heteroatoms. The van der Waals surface area contributed by atoms with Gasteiger partial charge in [0.15, 0.2) is 5.65 Å². The fourth-order valence-electron chi connectivity index (χ4n) is 2.06. The van der Waals surface area contributed by atoms with Crippen molar-refractivity contribution in [1.29, 1.82) is 0 Å². The van der Waals surface area contributed by atoms with E-state index >= 15 is 0 Å². The molecular formula is C12H15BrN4S. The Morgan fingerprint density at radius 1 is 1.44 bits per heavy atom. The third-order valence-corrected chi connectivity index (χ3v) is 5.26. The summed E-state index contributed by atoms with van der Waals surface area (Å²) in [4.78, 5) is 8.52. The zero-order valence-electron chi connectivity index (χ0n) is 10.2. The monoisotopic (exact) mass is 326 g/mol. The molecule has 0 spiro atoms. The average Bonchev–Trinajstić information content (AvgIpc) is 3.05. The van der Waals surface area contributed by atoms with Crippen LogP contribution in [0.2, 0.25) is 0 Å². The predicted molar refractivity (Wildman–Crippen MR) is 77.9 cm³/mol. The van der Waals surface area contributed by atoms with Gasteiger partial charge in [0.05, 0.1) is 18.1 Å². The zero-order valence-corrected chi connectivity index (χ0v) is 12.6. The number of thioether (sulfide) groups is 1. The molecule has 0 atom stereocenters. The van der Waals surface area contributed by atoms with Gasteiger partial charge in [0.2, 0.25) is 0 Å². The first kappa shape index (κ1) is 12.4. The maximum absolute atomic E-state index is 4.35. The number of nitrogens with one attached hydrogen (secondary N) is 1. The van der Waals surface area contributed by atoms with Gasteiger partial charge in [-0.25, -0.2) is 9.97 Å². The molecule has 3 rings (SSSR count). The van der Waals surface area contributed by atoms with Crippen LogP contribution in [0.25, 0.3) is 5.65 Å². The van der Waals surface area contributed by atoms with Crippen molar-refractivity contribution in [2.24, 2.45) is 0 Å². The van der Waals surface area contributed by atoms with E-state index in [0.29, 0.717) is 4.75 Å². The number of hydrogen-bond acceptors (Lipinski definition) is 4. The lowest BCUT2D eigenvalue weighted by Crippen LogP contribution is -2.25. The summed E-state index contributed by atoms with van der Waals surface area (Å²) < 4.78 is 3.41. The standard InChI is InChI=1S/C12H15BrN4S/c1-18-12(2-3-12)8-14-4-9-5-16-11-6-15-10(13)7-17(9)11/h5-7,14H,2-4,8H2,1H3. The third kappa shape index (κ3) is 2.41. The van der Waals surface area contributed by atoms with E-state index in [1.807, 2.05) is 24.2 Å². The molecule has 18 heavy (non-hydrogen) atoms. The van der Waals surface area contributed by atoms with Gasteiger partial charge >= 0.3 is 0 Å². The second-order valence-corrected chi connectivity index (χ2v) is 6.77. The number of fused-ring (bicyclic) bond motifs is 1. The van der Waals surface area contributed by atoms with Crippen LogP contribution in [0.1, 0.15) is 18.5 Å². The lowest BCUT2D eigenvalue weighted by atomic mass is 10.4. The van der Waals surface area contributed by atoms with Crippen LogP contribution >= 0.6 is 27.7 Å². The number of imidazole rings is 1. The molecule has 0 bridgehead atoms. The molecule has 1 saturated carbocycles. The van der Waals surface area contributed by atoms with E-state index in [1.54, 1.807) is 6.20 Å². The molecule has 2 heterocycles. The summed E-state index contributed by atoms with van der Waals surface area (Å²) in [6, 6.07) is 0. The molecule has 1 aliphatic carbocycles. The van der Waals surface area contributed by atoms with Gasteiger partial charge in [-0.1, -0.05) is 0 Å². The van der Waals surface area contributed by atoms with E-state index in [-0.39, 0.29) is 0 Å². The van der Waals surface area contributed by atoms with Crippen molar-refractivity contribution in [2.75, 3.05) is 12.8 Å². The summed E-state index contributed by atoms with van der Waals surface area (Å²) in [7, 11) is 0. The van der Waals surface area contributed by atoms with Gasteiger partial charge in [0, 0.05) is 24.0 Å². The van der Waals surface area contributed by atoms with Gasteiger partial charge in [-0.05, 0) is 35.0 Å². The van der Waals surface area contributed by atoms with Gasteiger partial charge in [0.1, 0.15) is 4.60 Å². The van der Waals surface area contributed by atoms with Gasteiger partial charge in [-0.15, -0.1) is 0 Å². The Morgan fingerprint density at radius 3 is 3.00 bits per heavy atom. The topological polar surface area (TPSA) is 42.2 Å². The first-order valence-electron chi connectivity index (χ1n) is 5.96. The quantitative estimate of drug-likeness (QED) is 0.916. The van der Waals surface area contributed by atoms with E-state index < -0.39 is 0 Å². The number of hydrogen-bond donors (Lipinski definition) is 1. The Hall–Kier alpha value is -0.590. The van der Waals surface area contributed by atoms with E-state index in [9.17, 15) is 0 Å². The van der Waals surface area contributed by atoms with E-state index in [0.717, 1.165) is 23.3 Å². The number of aromatic nitrogens is 3. The van der Waals surface area contributed by atoms with E-state index in [4.69, 9.17) is 0 Å². The van der Waals surface area contributed by atoms with E-state index in [1.165, 1.54) is 18.5 Å². The summed E-state index contributed by atoms with van der Waals surface area (Å²) in [5.74, 6) is 0. The molecule has 2 aromatic heterocycles. The fourth-order valence-corrected chi connectivity index (χ4v) is 3.12. The van der Waals surface area contributed by atoms with Crippen molar-refractivity contribution in [3.8, 4) is 0 Å². The molecule has 0 amide bonds. The Morgan fingerprint density at radius 2 is 2.28 bits per heavy atom. The normalized spacial score (nSPS) is 17.2. The second-order valence-electron chi connectivity index (χ2n) is 4.68. The lowest BCUT2D eigenvalue weighted by Gasteiger charge is -2.12. The smallest absolute Gasteiger partial charge is 0.155 e. The molecule has 0 unspecified atom stereocenters. The maximum Gasteiger partial charge on any atom is 0.155 e. The first-order valence-corrected chi connectivity index (χ1v) is 7.98. The maximum atomic E-state index is 4.35. The summed E-state index contributed by atoms with van der Waals surface area (Å²) in [6.07, 6.45) is 10.5. The SMILES string of the molecule is CSC1(CNCc2cnc3cnc(Br)cn23)CC1. The highest BCUT2D eigenvalue weighted by molar-refractivity contribution is 9.10. The minimum Gasteiger partial charge on any atom is -0.310 e. The highest BCUT2D eigenvalue weighted by atomic mass is 79.9. The zero-order chi connectivity index (χ0) is 12.6. The van der Waals surface area contributed by atoms with Gasteiger partial charge < -0.3 is 5.32 Å². The van der Waals surface area contributed by atoms with Crippen molar-refractivity contribution in [3.05, 3.63) is 28.9 Å². The van der Waals surface area contributed by atoms with Crippen LogP contribution in [0.5, 0.6) is 0 Å². The summed E-state index contributed by atoms with van der Waals surface area (Å²) in [5.41, 5.74) is 2.06. The Kier molecular flexibility index (Phi) is 3.34. The van der Waals surface area contributed by atoms with Crippen LogP contribution in [-0.4, -0.2) is 31.9 Å². The minimum absolute atomic E-state index is 0.503. The molecule has 1 aliphatic rings. The van der Waals surface area contributed by atoms with E-state index in [2.05, 4.69) is 41.9 Å². The Labute approximate surface area is 119 Å². The van der Waals surface area contributed by atoms with Crippen molar-refractivity contribution < 1.29 is 0 Å².